The molecule has 1 aliphatic rings. The number of benzene rings is 1. The van der Waals surface area contributed by atoms with Crippen LogP contribution in [0.25, 0.3) is 0 Å². The zero-order valence-electron chi connectivity index (χ0n) is 11.1. The first-order valence-electron chi connectivity index (χ1n) is 6.50. The van der Waals surface area contributed by atoms with E-state index in [1.54, 1.807) is 0 Å². The van der Waals surface area contributed by atoms with Gasteiger partial charge < -0.3 is 10.8 Å². The van der Waals surface area contributed by atoms with E-state index in [-0.39, 0.29) is 5.54 Å². The molecular weight excluding hydrogens is 210 g/mol. The molecule has 2 rings (SSSR count). The zero-order valence-corrected chi connectivity index (χ0v) is 11.1. The van der Waals surface area contributed by atoms with Crippen LogP contribution in [0.4, 0.5) is 0 Å². The third-order valence-corrected chi connectivity index (χ3v) is 3.60. The standard InChI is InChI=1S/C15H23NO/c1-10-8-14(17)13(9-15(2,3)16)12-7-5-4-6-11(10)12/h8,17H,4-7,9,16H2,1-3H3. The summed E-state index contributed by atoms with van der Waals surface area (Å²) in [5.74, 6) is 0.432. The highest BCUT2D eigenvalue weighted by molar-refractivity contribution is 5.50. The van der Waals surface area contributed by atoms with Gasteiger partial charge >= 0.3 is 0 Å². The van der Waals surface area contributed by atoms with Crippen molar-refractivity contribution in [1.29, 1.82) is 0 Å². The molecule has 0 radical (unpaired) electrons. The number of hydrogen-bond acceptors (Lipinski definition) is 2. The smallest absolute Gasteiger partial charge is 0.119 e. The van der Waals surface area contributed by atoms with Gasteiger partial charge in [0.25, 0.3) is 0 Å². The van der Waals surface area contributed by atoms with Crippen molar-refractivity contribution < 1.29 is 5.11 Å². The summed E-state index contributed by atoms with van der Waals surface area (Å²) in [6.07, 6.45) is 5.49. The molecule has 0 aromatic heterocycles. The van der Waals surface area contributed by atoms with Crippen LogP contribution in [-0.4, -0.2) is 10.6 Å². The first kappa shape index (κ1) is 12.4. The van der Waals surface area contributed by atoms with Crippen molar-refractivity contribution in [3.63, 3.8) is 0 Å². The van der Waals surface area contributed by atoms with Crippen LogP contribution >= 0.6 is 0 Å². The molecule has 1 aromatic rings. The highest BCUT2D eigenvalue weighted by atomic mass is 16.3. The van der Waals surface area contributed by atoms with E-state index in [0.29, 0.717) is 5.75 Å². The van der Waals surface area contributed by atoms with E-state index >= 15 is 0 Å². The molecule has 0 aliphatic heterocycles. The van der Waals surface area contributed by atoms with Crippen LogP contribution in [0.3, 0.4) is 0 Å². The highest BCUT2D eigenvalue weighted by Crippen LogP contribution is 2.34. The molecule has 2 heteroatoms. The third-order valence-electron chi connectivity index (χ3n) is 3.60. The molecule has 0 spiro atoms. The Morgan fingerprint density at radius 2 is 1.82 bits per heavy atom. The van der Waals surface area contributed by atoms with Crippen LogP contribution in [0.1, 0.15) is 48.9 Å². The maximum Gasteiger partial charge on any atom is 0.119 e. The van der Waals surface area contributed by atoms with Gasteiger partial charge in [0.05, 0.1) is 0 Å². The second-order valence-corrected chi connectivity index (χ2v) is 6.02. The van der Waals surface area contributed by atoms with Gasteiger partial charge in [-0.1, -0.05) is 0 Å². The van der Waals surface area contributed by atoms with Gasteiger partial charge in [0.1, 0.15) is 5.75 Å². The fourth-order valence-corrected chi connectivity index (χ4v) is 2.86. The van der Waals surface area contributed by atoms with Crippen molar-refractivity contribution in [3.05, 3.63) is 28.3 Å². The largest absolute Gasteiger partial charge is 0.508 e. The minimum absolute atomic E-state index is 0.266. The Kier molecular flexibility index (Phi) is 3.17. The van der Waals surface area contributed by atoms with Crippen molar-refractivity contribution >= 4 is 0 Å². The summed E-state index contributed by atoms with van der Waals surface area (Å²) in [6, 6.07) is 1.91. The maximum absolute atomic E-state index is 10.2. The van der Waals surface area contributed by atoms with Gasteiger partial charge in [0.15, 0.2) is 0 Å². The average molecular weight is 233 g/mol. The molecule has 3 N–H and O–H groups in total. The zero-order chi connectivity index (χ0) is 12.6. The maximum atomic E-state index is 10.2. The van der Waals surface area contributed by atoms with Gasteiger partial charge in [-0.2, -0.15) is 0 Å². The van der Waals surface area contributed by atoms with Crippen molar-refractivity contribution in [2.24, 2.45) is 5.73 Å². The van der Waals surface area contributed by atoms with E-state index in [1.165, 1.54) is 29.5 Å². The molecule has 0 amide bonds. The average Bonchev–Trinajstić information content (AvgIpc) is 2.23. The first-order valence-corrected chi connectivity index (χ1v) is 6.50. The molecular formula is C15H23NO. The Labute approximate surface area is 104 Å². The topological polar surface area (TPSA) is 46.2 Å². The first-order chi connectivity index (χ1) is 7.88. The Balaban J connectivity index is 2.50. The van der Waals surface area contributed by atoms with E-state index in [1.807, 2.05) is 19.9 Å². The van der Waals surface area contributed by atoms with Gasteiger partial charge in [-0.25, -0.2) is 0 Å². The number of fused-ring (bicyclic) bond motifs is 1. The summed E-state index contributed by atoms with van der Waals surface area (Å²) in [7, 11) is 0. The molecule has 0 saturated carbocycles. The quantitative estimate of drug-likeness (QED) is 0.825. The van der Waals surface area contributed by atoms with Gasteiger partial charge in [-0.05, 0) is 81.2 Å². The highest BCUT2D eigenvalue weighted by Gasteiger charge is 2.22. The minimum Gasteiger partial charge on any atom is -0.508 e. The lowest BCUT2D eigenvalue weighted by Crippen LogP contribution is -2.35. The molecule has 0 bridgehead atoms. The van der Waals surface area contributed by atoms with E-state index in [4.69, 9.17) is 5.73 Å². The predicted molar refractivity (Wildman–Crippen MR) is 71.5 cm³/mol. The number of hydrogen-bond donors (Lipinski definition) is 2. The number of nitrogens with two attached hydrogens (primary N) is 1. The summed E-state index contributed by atoms with van der Waals surface area (Å²) in [5, 5.41) is 10.2. The number of aromatic hydroxyl groups is 1. The summed E-state index contributed by atoms with van der Waals surface area (Å²) in [6.45, 7) is 6.13. The van der Waals surface area contributed by atoms with Crippen molar-refractivity contribution in [2.45, 2.75) is 58.4 Å². The fraction of sp³-hybridized carbons (Fsp3) is 0.600. The van der Waals surface area contributed by atoms with Gasteiger partial charge in [-0.3, -0.25) is 0 Å². The molecule has 17 heavy (non-hydrogen) atoms. The van der Waals surface area contributed by atoms with Crippen molar-refractivity contribution in [1.82, 2.24) is 0 Å². The molecule has 0 heterocycles. The molecule has 2 nitrogen and oxygen atoms in total. The molecule has 0 saturated heterocycles. The van der Waals surface area contributed by atoms with E-state index in [2.05, 4.69) is 6.92 Å². The lowest BCUT2D eigenvalue weighted by atomic mass is 9.81. The second kappa shape index (κ2) is 4.34. The number of rotatable bonds is 2. The lowest BCUT2D eigenvalue weighted by Gasteiger charge is -2.26. The van der Waals surface area contributed by atoms with E-state index < -0.39 is 0 Å². The van der Waals surface area contributed by atoms with Gasteiger partial charge in [0, 0.05) is 5.54 Å². The van der Waals surface area contributed by atoms with E-state index in [0.717, 1.165) is 24.8 Å². The second-order valence-electron chi connectivity index (χ2n) is 6.02. The third kappa shape index (κ3) is 2.63. The normalized spacial score (nSPS) is 15.8. The number of phenols is 1. The Hall–Kier alpha value is -1.02. The van der Waals surface area contributed by atoms with Gasteiger partial charge in [0.2, 0.25) is 0 Å². The van der Waals surface area contributed by atoms with Crippen LogP contribution < -0.4 is 5.73 Å². The van der Waals surface area contributed by atoms with E-state index in [9.17, 15) is 5.11 Å². The Bertz CT molecular complexity index is 430. The summed E-state index contributed by atoms with van der Waals surface area (Å²) in [5.41, 5.74) is 11.0. The summed E-state index contributed by atoms with van der Waals surface area (Å²) >= 11 is 0. The number of phenolic OH excluding ortho intramolecular Hbond substituents is 1. The van der Waals surface area contributed by atoms with Crippen LogP contribution in [0.15, 0.2) is 6.07 Å². The lowest BCUT2D eigenvalue weighted by molar-refractivity contribution is 0.445. The molecule has 94 valence electrons. The Morgan fingerprint density at radius 3 is 2.41 bits per heavy atom. The van der Waals surface area contributed by atoms with Crippen molar-refractivity contribution in [3.8, 4) is 5.75 Å². The predicted octanol–water partition coefficient (Wildman–Crippen LogP) is 2.86. The van der Waals surface area contributed by atoms with Crippen LogP contribution in [-0.2, 0) is 19.3 Å². The molecule has 0 atom stereocenters. The molecule has 0 unspecified atom stereocenters. The minimum atomic E-state index is -0.266. The number of aryl methyl sites for hydroxylation is 1. The van der Waals surface area contributed by atoms with Crippen molar-refractivity contribution in [2.75, 3.05) is 0 Å². The molecule has 1 aromatic carbocycles. The van der Waals surface area contributed by atoms with Gasteiger partial charge in [-0.15, -0.1) is 0 Å². The fourth-order valence-electron chi connectivity index (χ4n) is 2.86. The van der Waals surface area contributed by atoms with Crippen LogP contribution in [0.2, 0.25) is 0 Å². The van der Waals surface area contributed by atoms with Crippen LogP contribution in [0.5, 0.6) is 5.75 Å². The molecule has 0 fully saturated rings. The SMILES string of the molecule is Cc1cc(O)c(CC(C)(C)N)c2c1CCCC2. The summed E-state index contributed by atoms with van der Waals surface area (Å²) in [4.78, 5) is 0. The van der Waals surface area contributed by atoms with Crippen LogP contribution in [0, 0.1) is 6.92 Å². The summed E-state index contributed by atoms with van der Waals surface area (Å²) < 4.78 is 0. The monoisotopic (exact) mass is 233 g/mol. The Morgan fingerprint density at radius 1 is 1.24 bits per heavy atom. The molecule has 1 aliphatic carbocycles.